The molecule has 0 spiro atoms. The zero-order valence-corrected chi connectivity index (χ0v) is 32.9. The molecule has 0 aliphatic heterocycles. The van der Waals surface area contributed by atoms with Crippen molar-refractivity contribution in [2.24, 2.45) is 0 Å². The van der Waals surface area contributed by atoms with E-state index in [4.69, 9.17) is 4.42 Å². The molecule has 3 heteroatoms. The highest BCUT2D eigenvalue weighted by Gasteiger charge is 2.24. The second-order valence-corrected chi connectivity index (χ2v) is 15.4. The monoisotopic (exact) mass is 756 g/mol. The van der Waals surface area contributed by atoms with Crippen LogP contribution in [0.25, 0.3) is 82.8 Å². The molecule has 0 amide bonds. The van der Waals surface area contributed by atoms with Crippen LogP contribution in [0.3, 0.4) is 0 Å². The molecule has 2 heterocycles. The number of nitrogens with zero attached hydrogens (tertiary/aromatic N) is 2. The van der Waals surface area contributed by atoms with Gasteiger partial charge in [0.05, 0.1) is 22.1 Å². The van der Waals surface area contributed by atoms with Crippen LogP contribution >= 0.6 is 0 Å². The molecule has 280 valence electrons. The van der Waals surface area contributed by atoms with E-state index in [9.17, 15) is 0 Å². The zero-order valence-electron chi connectivity index (χ0n) is 32.9. The highest BCUT2D eigenvalue weighted by atomic mass is 16.3. The maximum Gasteiger partial charge on any atom is 0.145 e. The van der Waals surface area contributed by atoms with Gasteiger partial charge in [-0.25, -0.2) is 0 Å². The number of anilines is 3. The van der Waals surface area contributed by atoms with Crippen molar-refractivity contribution in [2.45, 2.75) is 13.8 Å². The van der Waals surface area contributed by atoms with Gasteiger partial charge < -0.3 is 13.9 Å². The minimum absolute atomic E-state index is 0.864. The summed E-state index contributed by atoms with van der Waals surface area (Å²) in [7, 11) is 0. The normalized spacial score (nSPS) is 11.6. The number of aryl methyl sites for hydroxylation is 2. The molecule has 0 unspecified atom stereocenters. The van der Waals surface area contributed by atoms with Gasteiger partial charge >= 0.3 is 0 Å². The van der Waals surface area contributed by atoms with Gasteiger partial charge in [0.15, 0.2) is 0 Å². The summed E-state index contributed by atoms with van der Waals surface area (Å²) in [6.07, 6.45) is 0. The fourth-order valence-corrected chi connectivity index (χ4v) is 9.14. The van der Waals surface area contributed by atoms with Gasteiger partial charge in [-0.3, -0.25) is 0 Å². The number of hydrogen-bond donors (Lipinski definition) is 0. The van der Waals surface area contributed by atoms with Crippen LogP contribution in [-0.4, -0.2) is 4.57 Å². The lowest BCUT2D eigenvalue weighted by Gasteiger charge is -2.29. The van der Waals surface area contributed by atoms with Crippen LogP contribution in [0.1, 0.15) is 11.1 Å². The molecule has 0 bridgehead atoms. The first kappa shape index (κ1) is 34.6. The highest BCUT2D eigenvalue weighted by molar-refractivity contribution is 6.17. The molecule has 0 saturated heterocycles. The molecule has 9 aromatic carbocycles. The van der Waals surface area contributed by atoms with E-state index >= 15 is 0 Å². The molecule has 59 heavy (non-hydrogen) atoms. The van der Waals surface area contributed by atoms with E-state index in [0.717, 1.165) is 55.8 Å². The first-order valence-corrected chi connectivity index (χ1v) is 20.3. The molecule has 0 aliphatic rings. The fourth-order valence-electron chi connectivity index (χ4n) is 9.14. The minimum Gasteiger partial charge on any atom is -0.455 e. The van der Waals surface area contributed by atoms with Gasteiger partial charge in [0.2, 0.25) is 0 Å². The van der Waals surface area contributed by atoms with E-state index < -0.39 is 0 Å². The van der Waals surface area contributed by atoms with Crippen LogP contribution in [0.2, 0.25) is 0 Å². The second kappa shape index (κ2) is 14.1. The maximum atomic E-state index is 6.90. The van der Waals surface area contributed by atoms with Crippen LogP contribution in [0, 0.1) is 13.8 Å². The van der Waals surface area contributed by atoms with Crippen LogP contribution in [-0.2, 0) is 0 Å². The lowest BCUT2D eigenvalue weighted by Crippen LogP contribution is -2.11. The second-order valence-electron chi connectivity index (χ2n) is 15.4. The van der Waals surface area contributed by atoms with Crippen LogP contribution < -0.4 is 4.90 Å². The van der Waals surface area contributed by atoms with Crippen LogP contribution in [0.5, 0.6) is 0 Å². The van der Waals surface area contributed by atoms with E-state index in [0.29, 0.717) is 0 Å². The topological polar surface area (TPSA) is 21.3 Å². The predicted octanol–water partition coefficient (Wildman–Crippen LogP) is 15.8. The smallest absolute Gasteiger partial charge is 0.145 e. The summed E-state index contributed by atoms with van der Waals surface area (Å²) >= 11 is 0. The van der Waals surface area contributed by atoms with Crippen molar-refractivity contribution < 1.29 is 4.42 Å². The quantitative estimate of drug-likeness (QED) is 0.161. The van der Waals surface area contributed by atoms with Crippen LogP contribution in [0.15, 0.2) is 211 Å². The lowest BCUT2D eigenvalue weighted by molar-refractivity contribution is 0.670. The molecule has 0 radical (unpaired) electrons. The van der Waals surface area contributed by atoms with Gasteiger partial charge in [-0.2, -0.15) is 0 Å². The van der Waals surface area contributed by atoms with E-state index in [-0.39, 0.29) is 0 Å². The Labute approximate surface area is 343 Å². The van der Waals surface area contributed by atoms with Crippen molar-refractivity contribution in [1.29, 1.82) is 0 Å². The Morgan fingerprint density at radius 2 is 1.05 bits per heavy atom. The number of aromatic nitrogens is 1. The Balaban J connectivity index is 1.12. The van der Waals surface area contributed by atoms with E-state index in [1.807, 2.05) is 0 Å². The van der Waals surface area contributed by atoms with Gasteiger partial charge in [-0.15, -0.1) is 0 Å². The minimum atomic E-state index is 0.864. The number of rotatable bonds is 7. The number of fused-ring (bicyclic) bond motifs is 6. The molecule has 0 atom stereocenters. The van der Waals surface area contributed by atoms with E-state index in [1.165, 1.54) is 55.2 Å². The summed E-state index contributed by atoms with van der Waals surface area (Å²) in [5.74, 6) is 0. The number of benzene rings is 9. The summed E-state index contributed by atoms with van der Waals surface area (Å²) in [5.41, 5.74) is 17.9. The van der Waals surface area contributed by atoms with Crippen molar-refractivity contribution in [1.82, 2.24) is 4.57 Å². The van der Waals surface area contributed by atoms with Crippen molar-refractivity contribution in [3.8, 4) is 39.1 Å². The average Bonchev–Trinajstić information content (AvgIpc) is 3.84. The van der Waals surface area contributed by atoms with Crippen molar-refractivity contribution >= 4 is 60.8 Å². The van der Waals surface area contributed by atoms with Gasteiger partial charge in [-0.1, -0.05) is 140 Å². The van der Waals surface area contributed by atoms with Gasteiger partial charge in [0, 0.05) is 38.8 Å². The molecule has 2 aromatic heterocycles. The van der Waals surface area contributed by atoms with Gasteiger partial charge in [-0.05, 0) is 120 Å². The third kappa shape index (κ3) is 5.82. The standard InChI is InChI=1S/C56H40N2O/c1-37-16-15-21-43(34-37)57(44-35-38(2)54(41-19-7-4-8-20-41)49(36-44)39-17-5-3-6-18-39)52-33-32-45(56-55(52)48-24-11-14-27-53(48)59-56)40-28-30-42(31-29-40)58-50-25-12-9-22-46(50)47-23-10-13-26-51(47)58/h3-36H,1-2H3. The third-order valence-electron chi connectivity index (χ3n) is 11.7. The Morgan fingerprint density at radius 1 is 0.441 bits per heavy atom. The van der Waals surface area contributed by atoms with E-state index in [1.54, 1.807) is 0 Å². The summed E-state index contributed by atoms with van der Waals surface area (Å²) in [5, 5.41) is 4.67. The first-order chi connectivity index (χ1) is 29.1. The zero-order chi connectivity index (χ0) is 39.5. The Morgan fingerprint density at radius 3 is 1.75 bits per heavy atom. The summed E-state index contributed by atoms with van der Waals surface area (Å²) in [6, 6.07) is 74.2. The highest BCUT2D eigenvalue weighted by Crippen LogP contribution is 2.48. The van der Waals surface area contributed by atoms with Gasteiger partial charge in [0.25, 0.3) is 0 Å². The Bertz CT molecular complexity index is 3280. The van der Waals surface area contributed by atoms with Gasteiger partial charge in [0.1, 0.15) is 11.2 Å². The number of para-hydroxylation sites is 3. The third-order valence-corrected chi connectivity index (χ3v) is 11.7. The molecule has 11 aromatic rings. The Hall–Kier alpha value is -7.62. The summed E-state index contributed by atoms with van der Waals surface area (Å²) in [4.78, 5) is 2.42. The number of hydrogen-bond acceptors (Lipinski definition) is 2. The van der Waals surface area contributed by atoms with Crippen molar-refractivity contribution in [2.75, 3.05) is 4.90 Å². The van der Waals surface area contributed by atoms with Crippen molar-refractivity contribution in [3.05, 3.63) is 217 Å². The summed E-state index contributed by atoms with van der Waals surface area (Å²) in [6.45, 7) is 4.40. The fraction of sp³-hybridized carbons (Fsp3) is 0.0357. The molecule has 11 rings (SSSR count). The molecule has 0 aliphatic carbocycles. The maximum absolute atomic E-state index is 6.90. The molecular weight excluding hydrogens is 717 g/mol. The Kier molecular flexibility index (Phi) is 8.27. The number of furan rings is 1. The SMILES string of the molecule is Cc1cccc(N(c2cc(C)c(-c3ccccc3)c(-c3ccccc3)c2)c2ccc(-c3ccc(-n4c5ccccc5c5ccccc54)cc3)c3oc4ccccc4c23)c1. The predicted molar refractivity (Wildman–Crippen MR) is 249 cm³/mol. The van der Waals surface area contributed by atoms with Crippen molar-refractivity contribution in [3.63, 3.8) is 0 Å². The molecule has 0 fully saturated rings. The largest absolute Gasteiger partial charge is 0.455 e. The lowest BCUT2D eigenvalue weighted by atomic mass is 9.90. The molecule has 3 nitrogen and oxygen atoms in total. The summed E-state index contributed by atoms with van der Waals surface area (Å²) < 4.78 is 9.27. The molecule has 0 saturated carbocycles. The average molecular weight is 757 g/mol. The van der Waals surface area contributed by atoms with Crippen LogP contribution in [0.4, 0.5) is 17.1 Å². The molecule has 0 N–H and O–H groups in total. The molecular formula is C56H40N2O. The van der Waals surface area contributed by atoms with E-state index in [2.05, 4.69) is 230 Å². The first-order valence-electron chi connectivity index (χ1n) is 20.3.